The van der Waals surface area contributed by atoms with Gasteiger partial charge in [-0.1, -0.05) is 17.7 Å². The molecule has 1 amide bonds. The second kappa shape index (κ2) is 7.19. The van der Waals surface area contributed by atoms with Gasteiger partial charge in [0.05, 0.1) is 5.41 Å². The molecule has 160 valence electrons. The summed E-state index contributed by atoms with van der Waals surface area (Å²) in [6, 6.07) is 4.11. The van der Waals surface area contributed by atoms with E-state index in [-0.39, 0.29) is 17.4 Å². The summed E-state index contributed by atoms with van der Waals surface area (Å²) < 4.78 is 5.53. The molecule has 5 nitrogen and oxygen atoms in total. The SMILES string of the molecule is Cc1cc2c(cc1Cl)C1(CCN(C(=O)OC(C)(C)C)CC1)CC2C(C)(C)C(=O)O. The highest BCUT2D eigenvalue weighted by Crippen LogP contribution is 2.57. The van der Waals surface area contributed by atoms with Crippen molar-refractivity contribution < 1.29 is 19.4 Å². The molecule has 0 saturated carbocycles. The Morgan fingerprint density at radius 1 is 1.17 bits per heavy atom. The smallest absolute Gasteiger partial charge is 0.410 e. The Bertz CT molecular complexity index is 832. The van der Waals surface area contributed by atoms with Crippen molar-refractivity contribution in [1.29, 1.82) is 0 Å². The number of hydrogen-bond acceptors (Lipinski definition) is 3. The number of fused-ring (bicyclic) bond motifs is 2. The van der Waals surface area contributed by atoms with Gasteiger partial charge in [0.15, 0.2) is 0 Å². The molecule has 1 aliphatic carbocycles. The molecule has 1 aromatic rings. The van der Waals surface area contributed by atoms with Crippen LogP contribution in [0.25, 0.3) is 0 Å². The summed E-state index contributed by atoms with van der Waals surface area (Å²) in [7, 11) is 0. The summed E-state index contributed by atoms with van der Waals surface area (Å²) in [6.45, 7) is 12.4. The normalized spacial score (nSPS) is 21.2. The second-order valence-electron chi connectivity index (χ2n) is 10.2. The zero-order valence-electron chi connectivity index (χ0n) is 18.3. The van der Waals surface area contributed by atoms with Crippen molar-refractivity contribution in [2.45, 2.75) is 77.7 Å². The minimum atomic E-state index is -0.874. The standard InChI is InChI=1S/C23H32ClNO4/c1-14-11-15-16(12-18(14)24)23(13-17(15)22(5,6)19(26)27)7-9-25(10-8-23)20(28)29-21(2,3)4/h11-12,17H,7-10,13H2,1-6H3,(H,26,27). The summed E-state index contributed by atoms with van der Waals surface area (Å²) in [5.41, 5.74) is 1.69. The first-order valence-electron chi connectivity index (χ1n) is 10.3. The molecule has 3 rings (SSSR count). The lowest BCUT2D eigenvalue weighted by Crippen LogP contribution is -2.46. The van der Waals surface area contributed by atoms with E-state index < -0.39 is 17.0 Å². The Labute approximate surface area is 178 Å². The van der Waals surface area contributed by atoms with Gasteiger partial charge in [-0.25, -0.2) is 4.79 Å². The summed E-state index contributed by atoms with van der Waals surface area (Å²) in [5.74, 6) is -0.872. The number of carbonyl (C=O) groups is 2. The van der Waals surface area contributed by atoms with Gasteiger partial charge in [0.1, 0.15) is 5.60 Å². The van der Waals surface area contributed by atoms with Crippen LogP contribution in [0, 0.1) is 12.3 Å². The van der Waals surface area contributed by atoms with Crippen LogP contribution in [0.5, 0.6) is 0 Å². The topological polar surface area (TPSA) is 66.8 Å². The van der Waals surface area contributed by atoms with Gasteiger partial charge in [0.25, 0.3) is 0 Å². The van der Waals surface area contributed by atoms with Crippen LogP contribution >= 0.6 is 11.6 Å². The molecule has 1 unspecified atom stereocenters. The molecule has 1 aromatic carbocycles. The van der Waals surface area contributed by atoms with Crippen molar-refractivity contribution in [3.05, 3.63) is 33.8 Å². The molecule has 0 bridgehead atoms. The van der Waals surface area contributed by atoms with E-state index in [0.29, 0.717) is 18.1 Å². The van der Waals surface area contributed by atoms with Crippen molar-refractivity contribution in [3.8, 4) is 0 Å². The third-order valence-electron chi connectivity index (χ3n) is 6.67. The number of rotatable bonds is 2. The molecule has 0 aromatic heterocycles. The first kappa shape index (κ1) is 21.9. The molecule has 1 aliphatic heterocycles. The number of likely N-dealkylation sites (tertiary alicyclic amines) is 1. The number of aryl methyl sites for hydroxylation is 1. The maximum absolute atomic E-state index is 12.5. The molecule has 1 heterocycles. The molecule has 1 N–H and O–H groups in total. The predicted octanol–water partition coefficient (Wildman–Crippen LogP) is 5.52. The van der Waals surface area contributed by atoms with Crippen LogP contribution in [0.2, 0.25) is 5.02 Å². The molecule has 6 heteroatoms. The van der Waals surface area contributed by atoms with Gasteiger partial charge in [0, 0.05) is 24.0 Å². The van der Waals surface area contributed by atoms with Crippen molar-refractivity contribution in [2.75, 3.05) is 13.1 Å². The van der Waals surface area contributed by atoms with Gasteiger partial charge in [-0.15, -0.1) is 0 Å². The lowest BCUT2D eigenvalue weighted by Gasteiger charge is -2.41. The number of carbonyl (C=O) groups excluding carboxylic acids is 1. The number of benzene rings is 1. The Morgan fingerprint density at radius 3 is 2.28 bits per heavy atom. The summed E-state index contributed by atoms with van der Waals surface area (Å²) in [5, 5.41) is 10.6. The van der Waals surface area contributed by atoms with Crippen molar-refractivity contribution in [1.82, 2.24) is 4.90 Å². The van der Waals surface area contributed by atoms with E-state index >= 15 is 0 Å². The van der Waals surface area contributed by atoms with E-state index in [1.807, 2.05) is 47.6 Å². The minimum absolute atomic E-state index is 0.0842. The number of carboxylic acids is 1. The van der Waals surface area contributed by atoms with Crippen molar-refractivity contribution in [2.24, 2.45) is 5.41 Å². The van der Waals surface area contributed by atoms with Gasteiger partial charge < -0.3 is 14.7 Å². The molecular weight excluding hydrogens is 390 g/mol. The fourth-order valence-corrected chi connectivity index (χ4v) is 4.94. The molecule has 29 heavy (non-hydrogen) atoms. The number of halogens is 1. The lowest BCUT2D eigenvalue weighted by molar-refractivity contribution is -0.148. The highest BCUT2D eigenvalue weighted by Gasteiger charge is 2.52. The van der Waals surface area contributed by atoms with Crippen molar-refractivity contribution in [3.63, 3.8) is 0 Å². The van der Waals surface area contributed by atoms with Gasteiger partial charge in [-0.05, 0) is 89.0 Å². The third-order valence-corrected chi connectivity index (χ3v) is 7.07. The van der Waals surface area contributed by atoms with Crippen LogP contribution in [0.1, 0.15) is 76.5 Å². The number of ether oxygens (including phenoxy) is 1. The Morgan fingerprint density at radius 2 is 1.76 bits per heavy atom. The Kier molecular flexibility index (Phi) is 5.44. The molecule has 1 saturated heterocycles. The summed E-state index contributed by atoms with van der Waals surface area (Å²) in [6.07, 6.45) is 2.05. The molecule has 1 spiro atoms. The average Bonchev–Trinajstić information content (AvgIpc) is 2.88. The highest BCUT2D eigenvalue weighted by molar-refractivity contribution is 6.31. The first-order chi connectivity index (χ1) is 13.3. The van der Waals surface area contributed by atoms with Crippen LogP contribution in [0.4, 0.5) is 4.79 Å². The number of hydrogen-bond donors (Lipinski definition) is 1. The maximum atomic E-state index is 12.5. The lowest BCUT2D eigenvalue weighted by atomic mass is 9.70. The molecular formula is C23H32ClNO4. The van der Waals surface area contributed by atoms with Gasteiger partial charge in [0.2, 0.25) is 0 Å². The quantitative estimate of drug-likeness (QED) is 0.683. The van der Waals surface area contributed by atoms with Gasteiger partial charge in [-0.3, -0.25) is 4.79 Å². The third kappa shape index (κ3) is 3.98. The number of aliphatic carboxylic acids is 1. The Balaban J connectivity index is 1.91. The van der Waals surface area contributed by atoms with E-state index in [9.17, 15) is 14.7 Å². The van der Waals surface area contributed by atoms with Crippen LogP contribution in [-0.2, 0) is 14.9 Å². The van der Waals surface area contributed by atoms with Crippen LogP contribution in [-0.4, -0.2) is 40.8 Å². The van der Waals surface area contributed by atoms with E-state index in [4.69, 9.17) is 16.3 Å². The first-order valence-corrected chi connectivity index (χ1v) is 10.7. The maximum Gasteiger partial charge on any atom is 0.410 e. The van der Waals surface area contributed by atoms with E-state index in [2.05, 4.69) is 6.07 Å². The minimum Gasteiger partial charge on any atom is -0.481 e. The highest BCUT2D eigenvalue weighted by atomic mass is 35.5. The number of nitrogens with zero attached hydrogens (tertiary/aromatic N) is 1. The van der Waals surface area contributed by atoms with E-state index in [1.165, 1.54) is 0 Å². The van der Waals surface area contributed by atoms with Gasteiger partial charge >= 0.3 is 12.1 Å². The summed E-state index contributed by atoms with van der Waals surface area (Å²) in [4.78, 5) is 26.3. The van der Waals surface area contributed by atoms with E-state index in [0.717, 1.165) is 36.0 Å². The molecule has 2 aliphatic rings. The van der Waals surface area contributed by atoms with Crippen LogP contribution in [0.3, 0.4) is 0 Å². The van der Waals surface area contributed by atoms with Gasteiger partial charge in [-0.2, -0.15) is 0 Å². The Hall–Kier alpha value is -1.75. The van der Waals surface area contributed by atoms with Crippen LogP contribution in [0.15, 0.2) is 12.1 Å². The second-order valence-corrected chi connectivity index (χ2v) is 10.6. The molecule has 1 fully saturated rings. The van der Waals surface area contributed by atoms with E-state index in [1.54, 1.807) is 4.90 Å². The zero-order chi connectivity index (χ0) is 21.8. The number of piperidine rings is 1. The summed E-state index contributed by atoms with van der Waals surface area (Å²) >= 11 is 6.47. The fraction of sp³-hybridized carbons (Fsp3) is 0.652. The monoisotopic (exact) mass is 421 g/mol. The predicted molar refractivity (Wildman–Crippen MR) is 114 cm³/mol. The number of amides is 1. The zero-order valence-corrected chi connectivity index (χ0v) is 19.0. The molecule has 0 radical (unpaired) electrons. The fourth-order valence-electron chi connectivity index (χ4n) is 4.77. The largest absolute Gasteiger partial charge is 0.481 e. The number of carboxylic acid groups (broad SMARTS) is 1. The van der Waals surface area contributed by atoms with Crippen molar-refractivity contribution >= 4 is 23.7 Å². The molecule has 1 atom stereocenters. The van der Waals surface area contributed by atoms with Crippen LogP contribution < -0.4 is 0 Å². The average molecular weight is 422 g/mol.